The number of rotatable bonds is 8. The lowest BCUT2D eigenvalue weighted by molar-refractivity contribution is -0.132. The molecule has 0 radical (unpaired) electrons. The van der Waals surface area contributed by atoms with Crippen molar-refractivity contribution in [2.75, 3.05) is 44.4 Å². The molecule has 3 aromatic rings. The molecule has 2 aliphatic rings. The molecular formula is C31H34N4O5. The lowest BCUT2D eigenvalue weighted by Gasteiger charge is -2.26. The number of Topliss-reactive ketones (excluding diaryl/α,β-unsaturated/α-hetero) is 1. The van der Waals surface area contributed by atoms with Crippen LogP contribution in [-0.2, 0) is 14.3 Å². The second-order valence-electron chi connectivity index (χ2n) is 10.4. The lowest BCUT2D eigenvalue weighted by atomic mass is 9.94. The first-order valence-electron chi connectivity index (χ1n) is 13.6. The van der Waals surface area contributed by atoms with E-state index in [0.717, 1.165) is 38.4 Å². The average Bonchev–Trinajstić information content (AvgIpc) is 3.24. The molecule has 1 amide bonds. The van der Waals surface area contributed by atoms with E-state index in [-0.39, 0.29) is 17.2 Å². The Morgan fingerprint density at radius 3 is 2.33 bits per heavy atom. The van der Waals surface area contributed by atoms with Crippen LogP contribution < -0.4 is 9.64 Å². The third kappa shape index (κ3) is 5.76. The Morgan fingerprint density at radius 2 is 1.70 bits per heavy atom. The van der Waals surface area contributed by atoms with E-state index in [1.807, 2.05) is 36.4 Å². The smallest absolute Gasteiger partial charge is 0.301 e. The first kappa shape index (κ1) is 27.5. The van der Waals surface area contributed by atoms with Gasteiger partial charge in [0.2, 0.25) is 0 Å². The van der Waals surface area contributed by atoms with E-state index >= 15 is 0 Å². The zero-order chi connectivity index (χ0) is 28.2. The molecule has 2 fully saturated rings. The third-order valence-corrected chi connectivity index (χ3v) is 7.30. The minimum Gasteiger partial charge on any atom is -0.507 e. The van der Waals surface area contributed by atoms with Crippen LogP contribution in [0.5, 0.6) is 5.75 Å². The number of aryl methyl sites for hydroxylation is 1. The van der Waals surface area contributed by atoms with Crippen molar-refractivity contribution in [1.82, 2.24) is 15.1 Å². The highest BCUT2D eigenvalue weighted by Gasteiger charge is 2.47. The first-order chi connectivity index (χ1) is 19.3. The fourth-order valence-corrected chi connectivity index (χ4v) is 4.95. The number of amides is 1. The Bertz CT molecular complexity index is 1380. The molecule has 0 saturated carbocycles. The molecule has 1 aromatic heterocycles. The molecule has 2 aliphatic heterocycles. The second kappa shape index (κ2) is 12.0. The summed E-state index contributed by atoms with van der Waals surface area (Å²) in [5.74, 6) is -0.548. The highest BCUT2D eigenvalue weighted by atomic mass is 16.5. The molecule has 0 bridgehead atoms. The molecular weight excluding hydrogens is 508 g/mol. The molecule has 1 N–H and O–H groups in total. The minimum atomic E-state index is -0.885. The van der Waals surface area contributed by atoms with Gasteiger partial charge in [0.1, 0.15) is 18.1 Å². The van der Waals surface area contributed by atoms with Crippen LogP contribution >= 0.6 is 0 Å². The Morgan fingerprint density at radius 1 is 1.00 bits per heavy atom. The number of nitrogens with zero attached hydrogens (tertiary/aromatic N) is 4. The van der Waals surface area contributed by atoms with Crippen molar-refractivity contribution in [1.29, 1.82) is 0 Å². The van der Waals surface area contributed by atoms with Gasteiger partial charge in [-0.05, 0) is 48.2 Å². The van der Waals surface area contributed by atoms with E-state index in [4.69, 9.17) is 9.47 Å². The van der Waals surface area contributed by atoms with Gasteiger partial charge in [-0.1, -0.05) is 50.2 Å². The minimum absolute atomic E-state index is 0.00524. The number of hydrogen-bond donors (Lipinski definition) is 1. The fraction of sp³-hybridized carbons (Fsp3) is 0.355. The van der Waals surface area contributed by atoms with Gasteiger partial charge in [-0.25, -0.2) is 0 Å². The summed E-state index contributed by atoms with van der Waals surface area (Å²) in [6.45, 7) is 10.5. The maximum Gasteiger partial charge on any atom is 0.301 e. The van der Waals surface area contributed by atoms with E-state index in [0.29, 0.717) is 35.1 Å². The lowest BCUT2D eigenvalue weighted by Crippen LogP contribution is -2.38. The highest BCUT2D eigenvalue weighted by Crippen LogP contribution is 2.42. The molecule has 208 valence electrons. The molecule has 0 aliphatic carbocycles. The van der Waals surface area contributed by atoms with Crippen LogP contribution in [0.15, 0.2) is 66.2 Å². The maximum atomic E-state index is 13.4. The Balaban J connectivity index is 1.47. The Kier molecular flexibility index (Phi) is 8.23. The van der Waals surface area contributed by atoms with Gasteiger partial charge in [0.05, 0.1) is 30.5 Å². The van der Waals surface area contributed by atoms with Gasteiger partial charge < -0.3 is 14.6 Å². The van der Waals surface area contributed by atoms with Crippen molar-refractivity contribution < 1.29 is 24.2 Å². The van der Waals surface area contributed by atoms with Crippen molar-refractivity contribution in [3.05, 3.63) is 88.6 Å². The standard InChI is InChI=1S/C31H34N4O5/c1-20(2)22-5-7-24(8-6-22)29(36)27-28(35(31(38)30(27)37)26-13-4-21(3)32-33-26)23-9-11-25(12-10-23)40-19-16-34-14-17-39-18-15-34/h4-13,20,28,36H,14-19H2,1-3H3/b29-27-. The van der Waals surface area contributed by atoms with Crippen molar-refractivity contribution in [3.63, 3.8) is 0 Å². The average molecular weight is 543 g/mol. The summed E-state index contributed by atoms with van der Waals surface area (Å²) in [7, 11) is 0. The van der Waals surface area contributed by atoms with Gasteiger partial charge in [-0.2, -0.15) is 5.10 Å². The zero-order valence-corrected chi connectivity index (χ0v) is 23.0. The summed E-state index contributed by atoms with van der Waals surface area (Å²) in [6, 6.07) is 17.1. The summed E-state index contributed by atoms with van der Waals surface area (Å²) in [6.07, 6.45) is 0. The SMILES string of the molecule is Cc1ccc(N2C(=O)C(=O)/C(=C(\O)c3ccc(C(C)C)cc3)C2c2ccc(OCCN3CCOCC3)cc2)nn1. The van der Waals surface area contributed by atoms with Gasteiger partial charge in [0.25, 0.3) is 5.78 Å². The number of benzene rings is 2. The molecule has 9 nitrogen and oxygen atoms in total. The van der Waals surface area contributed by atoms with Crippen LogP contribution in [0.1, 0.15) is 48.2 Å². The molecule has 1 unspecified atom stereocenters. The summed E-state index contributed by atoms with van der Waals surface area (Å²) < 4.78 is 11.3. The molecule has 3 heterocycles. The number of aromatic nitrogens is 2. The van der Waals surface area contributed by atoms with Crippen molar-refractivity contribution >= 4 is 23.3 Å². The summed E-state index contributed by atoms with van der Waals surface area (Å²) in [5.41, 5.74) is 2.90. The van der Waals surface area contributed by atoms with Crippen LogP contribution in [0.25, 0.3) is 5.76 Å². The molecule has 2 saturated heterocycles. The number of anilines is 1. The predicted molar refractivity (Wildman–Crippen MR) is 151 cm³/mol. The van der Waals surface area contributed by atoms with Gasteiger partial charge in [0, 0.05) is 25.2 Å². The summed E-state index contributed by atoms with van der Waals surface area (Å²) in [4.78, 5) is 30.3. The fourth-order valence-electron chi connectivity index (χ4n) is 4.95. The molecule has 40 heavy (non-hydrogen) atoms. The zero-order valence-electron chi connectivity index (χ0n) is 23.0. The first-order valence-corrected chi connectivity index (χ1v) is 13.6. The number of morpholine rings is 1. The van der Waals surface area contributed by atoms with Crippen molar-refractivity contribution in [3.8, 4) is 5.75 Å². The number of hydrogen-bond acceptors (Lipinski definition) is 8. The molecule has 5 rings (SSSR count). The van der Waals surface area contributed by atoms with E-state index in [9.17, 15) is 14.7 Å². The Hall–Kier alpha value is -4.08. The molecule has 1 atom stereocenters. The number of ketones is 1. The van der Waals surface area contributed by atoms with E-state index in [2.05, 4.69) is 28.9 Å². The number of aliphatic hydroxyl groups is 1. The normalized spacial score (nSPS) is 19.4. The van der Waals surface area contributed by atoms with Crippen molar-refractivity contribution in [2.45, 2.75) is 32.7 Å². The predicted octanol–water partition coefficient (Wildman–Crippen LogP) is 4.25. The van der Waals surface area contributed by atoms with Crippen LogP contribution in [-0.4, -0.2) is 71.3 Å². The van der Waals surface area contributed by atoms with Gasteiger partial charge in [0.15, 0.2) is 5.82 Å². The molecule has 0 spiro atoms. The van der Waals surface area contributed by atoms with Gasteiger partial charge in [-0.3, -0.25) is 19.4 Å². The quantitative estimate of drug-likeness (QED) is 0.256. The highest BCUT2D eigenvalue weighted by molar-refractivity contribution is 6.51. The number of carbonyl (C=O) groups is 2. The second-order valence-corrected chi connectivity index (χ2v) is 10.4. The summed E-state index contributed by atoms with van der Waals surface area (Å²) >= 11 is 0. The summed E-state index contributed by atoms with van der Waals surface area (Å²) in [5, 5.41) is 19.6. The number of aliphatic hydroxyl groups excluding tert-OH is 1. The maximum absolute atomic E-state index is 13.4. The molecule has 9 heteroatoms. The van der Waals surface area contributed by atoms with E-state index in [1.165, 1.54) is 4.90 Å². The van der Waals surface area contributed by atoms with Crippen molar-refractivity contribution in [2.24, 2.45) is 0 Å². The van der Waals surface area contributed by atoms with Crippen LogP contribution in [0.4, 0.5) is 5.82 Å². The van der Waals surface area contributed by atoms with Gasteiger partial charge >= 0.3 is 5.91 Å². The Labute approximate surface area is 234 Å². The van der Waals surface area contributed by atoms with Crippen LogP contribution in [0, 0.1) is 6.92 Å². The van der Waals surface area contributed by atoms with E-state index < -0.39 is 17.7 Å². The topological polar surface area (TPSA) is 105 Å². The molecule has 2 aromatic carbocycles. The van der Waals surface area contributed by atoms with E-state index in [1.54, 1.807) is 31.2 Å². The number of ether oxygens (including phenoxy) is 2. The monoisotopic (exact) mass is 542 g/mol. The number of carbonyl (C=O) groups excluding carboxylic acids is 2. The van der Waals surface area contributed by atoms with Crippen LogP contribution in [0.3, 0.4) is 0 Å². The van der Waals surface area contributed by atoms with Crippen LogP contribution in [0.2, 0.25) is 0 Å². The van der Waals surface area contributed by atoms with Gasteiger partial charge in [-0.15, -0.1) is 5.10 Å². The largest absolute Gasteiger partial charge is 0.507 e. The third-order valence-electron chi connectivity index (χ3n) is 7.30.